The second-order valence-electron chi connectivity index (χ2n) is 6.88. The number of anilines is 2. The molecule has 1 aliphatic heterocycles. The van der Waals surface area contributed by atoms with Crippen LogP contribution >= 0.6 is 0 Å². The number of nitro benzene ring substituents is 1. The molecule has 0 bridgehead atoms. The van der Waals surface area contributed by atoms with Gasteiger partial charge in [0.1, 0.15) is 0 Å². The van der Waals surface area contributed by atoms with E-state index in [1.807, 2.05) is 11.8 Å². The molecule has 0 aliphatic carbocycles. The van der Waals surface area contributed by atoms with E-state index in [1.165, 1.54) is 12.1 Å². The minimum absolute atomic E-state index is 0.0195. The number of imide groups is 1. The molecule has 152 valence electrons. The first kappa shape index (κ1) is 19.5. The van der Waals surface area contributed by atoms with Crippen molar-refractivity contribution in [3.05, 3.63) is 75.8 Å². The molecule has 0 spiro atoms. The van der Waals surface area contributed by atoms with Gasteiger partial charge in [0.2, 0.25) is 0 Å². The Hall–Kier alpha value is -3.78. The molecule has 2 amide bonds. The van der Waals surface area contributed by atoms with Crippen LogP contribution in [0.1, 0.15) is 27.6 Å². The zero-order chi connectivity index (χ0) is 21.4. The number of carbonyl (C=O) groups excluding carboxylic acids is 2. The van der Waals surface area contributed by atoms with E-state index in [9.17, 15) is 24.8 Å². The maximum absolute atomic E-state index is 13.2. The molecule has 3 aromatic carbocycles. The van der Waals surface area contributed by atoms with Gasteiger partial charge in [0.05, 0.1) is 22.6 Å². The van der Waals surface area contributed by atoms with Crippen molar-refractivity contribution in [1.29, 1.82) is 0 Å². The van der Waals surface area contributed by atoms with E-state index in [0.29, 0.717) is 24.2 Å². The lowest BCUT2D eigenvalue weighted by Crippen LogP contribution is -2.40. The molecule has 0 atom stereocenters. The van der Waals surface area contributed by atoms with E-state index in [0.717, 1.165) is 10.6 Å². The summed E-state index contributed by atoms with van der Waals surface area (Å²) in [5, 5.41) is 21.1. The summed E-state index contributed by atoms with van der Waals surface area (Å²) in [6.45, 7) is 3.17. The molecule has 30 heavy (non-hydrogen) atoms. The summed E-state index contributed by atoms with van der Waals surface area (Å²) < 4.78 is 0. The predicted octanol–water partition coefficient (Wildman–Crippen LogP) is 3.37. The maximum atomic E-state index is 13.2. The third kappa shape index (κ3) is 2.98. The van der Waals surface area contributed by atoms with Crippen molar-refractivity contribution in [2.24, 2.45) is 0 Å². The summed E-state index contributed by atoms with van der Waals surface area (Å²) in [6.07, 6.45) is 0. The Bertz CT molecular complexity index is 1150. The lowest BCUT2D eigenvalue weighted by atomic mass is 9.92. The first-order valence-electron chi connectivity index (χ1n) is 9.52. The van der Waals surface area contributed by atoms with Crippen LogP contribution in [-0.2, 0) is 0 Å². The van der Waals surface area contributed by atoms with Crippen molar-refractivity contribution >= 4 is 39.6 Å². The smallest absolute Gasteiger partial charge is 0.277 e. The van der Waals surface area contributed by atoms with Crippen molar-refractivity contribution in [2.45, 2.75) is 6.92 Å². The third-order valence-corrected chi connectivity index (χ3v) is 5.31. The number of likely N-dealkylation sites (N-methyl/N-ethyl adjacent to an activating group) is 1. The molecule has 0 radical (unpaired) electrons. The SMILES string of the molecule is CCN(CCO)c1ccc(N2C(=O)c3cccc4c([N+](=O)[O-])ccc(c34)C2=O)cc1. The van der Waals surface area contributed by atoms with Gasteiger partial charge in [-0.2, -0.15) is 0 Å². The number of carbonyl (C=O) groups is 2. The Morgan fingerprint density at radius 1 is 1.00 bits per heavy atom. The van der Waals surface area contributed by atoms with E-state index >= 15 is 0 Å². The molecule has 1 N–H and O–H groups in total. The minimum Gasteiger partial charge on any atom is -0.395 e. The van der Waals surface area contributed by atoms with E-state index < -0.39 is 16.7 Å². The van der Waals surface area contributed by atoms with Crippen LogP contribution in [0.15, 0.2) is 54.6 Å². The number of amides is 2. The van der Waals surface area contributed by atoms with Crippen LogP contribution in [-0.4, -0.2) is 41.5 Å². The van der Waals surface area contributed by atoms with E-state index in [2.05, 4.69) is 0 Å². The van der Waals surface area contributed by atoms with Gasteiger partial charge in [-0.05, 0) is 49.4 Å². The number of rotatable bonds is 6. The Kier molecular flexibility index (Phi) is 4.93. The molecule has 8 heteroatoms. The summed E-state index contributed by atoms with van der Waals surface area (Å²) in [5.41, 5.74) is 1.65. The molecule has 1 aliphatic rings. The van der Waals surface area contributed by atoms with Crippen molar-refractivity contribution in [3.8, 4) is 0 Å². The standard InChI is InChI=1S/C22H19N3O5/c1-2-23(12-13-26)14-6-8-15(9-7-14)24-21(27)17-5-3-4-16-19(25(29)30)11-10-18(20(16)17)22(24)28/h3-11,26H,2,12-13H2,1H3. The zero-order valence-electron chi connectivity index (χ0n) is 16.2. The topological polar surface area (TPSA) is 104 Å². The van der Waals surface area contributed by atoms with Crippen molar-refractivity contribution in [1.82, 2.24) is 0 Å². The number of nitrogens with zero attached hydrogens (tertiary/aromatic N) is 3. The van der Waals surface area contributed by atoms with Gasteiger partial charge in [-0.3, -0.25) is 19.7 Å². The van der Waals surface area contributed by atoms with Crippen LogP contribution in [0, 0.1) is 10.1 Å². The molecule has 0 saturated heterocycles. The van der Waals surface area contributed by atoms with Gasteiger partial charge in [-0.15, -0.1) is 0 Å². The van der Waals surface area contributed by atoms with E-state index in [4.69, 9.17) is 0 Å². The fourth-order valence-electron chi connectivity index (χ4n) is 3.88. The van der Waals surface area contributed by atoms with Gasteiger partial charge in [-0.25, -0.2) is 4.90 Å². The molecule has 8 nitrogen and oxygen atoms in total. The summed E-state index contributed by atoms with van der Waals surface area (Å²) in [5.74, 6) is -1.04. The molecular weight excluding hydrogens is 386 g/mol. The quantitative estimate of drug-likeness (QED) is 0.383. The second-order valence-corrected chi connectivity index (χ2v) is 6.88. The van der Waals surface area contributed by atoms with Gasteiger partial charge in [-0.1, -0.05) is 6.07 Å². The molecule has 0 unspecified atom stereocenters. The van der Waals surface area contributed by atoms with Crippen LogP contribution in [0.3, 0.4) is 0 Å². The highest BCUT2D eigenvalue weighted by molar-refractivity contribution is 6.36. The predicted molar refractivity (Wildman–Crippen MR) is 113 cm³/mol. The summed E-state index contributed by atoms with van der Waals surface area (Å²) in [4.78, 5) is 40.2. The number of aliphatic hydroxyl groups is 1. The molecule has 0 aromatic heterocycles. The molecule has 0 fully saturated rings. The largest absolute Gasteiger partial charge is 0.395 e. The van der Waals surface area contributed by atoms with Crippen molar-refractivity contribution in [3.63, 3.8) is 0 Å². The maximum Gasteiger partial charge on any atom is 0.277 e. The van der Waals surface area contributed by atoms with Gasteiger partial charge >= 0.3 is 0 Å². The first-order chi connectivity index (χ1) is 14.5. The Morgan fingerprint density at radius 3 is 2.27 bits per heavy atom. The molecule has 4 rings (SSSR count). The van der Waals surface area contributed by atoms with Crippen LogP contribution in [0.4, 0.5) is 17.1 Å². The fourth-order valence-corrected chi connectivity index (χ4v) is 3.88. The number of hydrogen-bond acceptors (Lipinski definition) is 6. The number of benzene rings is 3. The van der Waals surface area contributed by atoms with Gasteiger partial charge in [0.15, 0.2) is 0 Å². The highest BCUT2D eigenvalue weighted by Crippen LogP contribution is 2.37. The number of hydrogen-bond donors (Lipinski definition) is 1. The molecule has 1 heterocycles. The second kappa shape index (κ2) is 7.57. The van der Waals surface area contributed by atoms with Gasteiger partial charge < -0.3 is 10.0 Å². The average molecular weight is 405 g/mol. The number of non-ortho nitro benzene ring substituents is 1. The highest BCUT2D eigenvalue weighted by atomic mass is 16.6. The summed E-state index contributed by atoms with van der Waals surface area (Å²) in [7, 11) is 0. The average Bonchev–Trinajstić information content (AvgIpc) is 2.76. The Morgan fingerprint density at radius 2 is 1.67 bits per heavy atom. The lowest BCUT2D eigenvalue weighted by molar-refractivity contribution is -0.383. The number of nitro groups is 1. The molecular formula is C22H19N3O5. The first-order valence-corrected chi connectivity index (χ1v) is 9.52. The van der Waals surface area contributed by atoms with Gasteiger partial charge in [0.25, 0.3) is 17.5 Å². The minimum atomic E-state index is -0.519. The third-order valence-electron chi connectivity index (χ3n) is 5.31. The fraction of sp³-hybridized carbons (Fsp3) is 0.182. The van der Waals surface area contributed by atoms with Crippen molar-refractivity contribution in [2.75, 3.05) is 29.5 Å². The van der Waals surface area contributed by atoms with E-state index in [1.54, 1.807) is 42.5 Å². The number of aliphatic hydroxyl groups excluding tert-OH is 1. The van der Waals surface area contributed by atoms with Crippen LogP contribution in [0.5, 0.6) is 0 Å². The zero-order valence-corrected chi connectivity index (χ0v) is 16.2. The molecule has 0 saturated carbocycles. The molecule has 3 aromatic rings. The summed E-state index contributed by atoms with van der Waals surface area (Å²) >= 11 is 0. The Labute approximate surface area is 172 Å². The van der Waals surface area contributed by atoms with E-state index in [-0.39, 0.29) is 28.8 Å². The Balaban J connectivity index is 1.79. The normalized spacial score (nSPS) is 13.1. The summed E-state index contributed by atoms with van der Waals surface area (Å²) in [6, 6.07) is 14.4. The highest BCUT2D eigenvalue weighted by Gasteiger charge is 2.35. The monoisotopic (exact) mass is 405 g/mol. The van der Waals surface area contributed by atoms with Crippen LogP contribution in [0.2, 0.25) is 0 Å². The van der Waals surface area contributed by atoms with Crippen LogP contribution in [0.25, 0.3) is 10.8 Å². The van der Waals surface area contributed by atoms with Crippen LogP contribution < -0.4 is 9.80 Å². The van der Waals surface area contributed by atoms with Gasteiger partial charge in [0, 0.05) is 41.4 Å². The lowest BCUT2D eigenvalue weighted by Gasteiger charge is -2.28. The van der Waals surface area contributed by atoms with Crippen molar-refractivity contribution < 1.29 is 19.6 Å².